The first-order chi connectivity index (χ1) is 9.70. The maximum Gasteiger partial charge on any atom is 0.261 e. The zero-order chi connectivity index (χ0) is 14.4. The molecule has 0 aromatic carbocycles. The zero-order valence-corrected chi connectivity index (χ0v) is 11.9. The molecule has 0 atom stereocenters. The lowest BCUT2D eigenvalue weighted by molar-refractivity contribution is 0.0956. The molecule has 0 spiro atoms. The average molecular weight is 289 g/mol. The van der Waals surface area contributed by atoms with Crippen molar-refractivity contribution in [3.05, 3.63) is 33.8 Å². The van der Waals surface area contributed by atoms with E-state index in [4.69, 9.17) is 5.73 Å². The molecule has 2 aromatic heterocycles. The van der Waals surface area contributed by atoms with Crippen LogP contribution in [0.3, 0.4) is 0 Å². The van der Waals surface area contributed by atoms with Crippen molar-refractivity contribution in [2.75, 3.05) is 13.1 Å². The maximum absolute atomic E-state index is 12.0. The molecule has 6 nitrogen and oxygen atoms in total. The molecule has 3 N–H and O–H groups in total. The zero-order valence-electron chi connectivity index (χ0n) is 11.1. The first-order valence-electron chi connectivity index (χ1n) is 6.12. The van der Waals surface area contributed by atoms with Gasteiger partial charge in [-0.25, -0.2) is 0 Å². The largest absolute Gasteiger partial charge is 0.349 e. The Morgan fingerprint density at radius 3 is 3.15 bits per heavy atom. The van der Waals surface area contributed by atoms with Crippen LogP contribution in [0.15, 0.2) is 18.5 Å². The molecule has 104 valence electrons. The number of amides is 1. The molecule has 20 heavy (non-hydrogen) atoms. The Bertz CT molecular complexity index is 636. The Morgan fingerprint density at radius 1 is 1.60 bits per heavy atom. The second-order valence-corrected chi connectivity index (χ2v) is 5.10. The van der Waals surface area contributed by atoms with E-state index in [2.05, 4.69) is 27.5 Å². The number of carbonyl (C=O) groups is 1. The molecular weight excluding hydrogens is 274 g/mol. The average Bonchev–Trinajstić information content (AvgIpc) is 3.06. The summed E-state index contributed by atoms with van der Waals surface area (Å²) >= 11 is 1.38. The normalized spacial score (nSPS) is 9.90. The number of nitrogens with two attached hydrogens (primary N) is 1. The quantitative estimate of drug-likeness (QED) is 0.797. The van der Waals surface area contributed by atoms with Crippen LogP contribution < -0.4 is 11.1 Å². The molecule has 0 saturated carbocycles. The number of aromatic nitrogens is 3. The summed E-state index contributed by atoms with van der Waals surface area (Å²) in [6, 6.07) is 1.84. The fourth-order valence-corrected chi connectivity index (χ4v) is 2.54. The van der Waals surface area contributed by atoms with Gasteiger partial charge >= 0.3 is 0 Å². The Kier molecular flexibility index (Phi) is 4.87. The van der Waals surface area contributed by atoms with E-state index in [1.807, 2.05) is 13.0 Å². The van der Waals surface area contributed by atoms with E-state index in [9.17, 15) is 4.79 Å². The molecule has 7 heteroatoms. The molecule has 0 bridgehead atoms. The summed E-state index contributed by atoms with van der Waals surface area (Å²) in [6.45, 7) is 3.35. The summed E-state index contributed by atoms with van der Waals surface area (Å²) in [5, 5.41) is 10.4. The molecule has 2 rings (SSSR count). The van der Waals surface area contributed by atoms with Crippen LogP contribution in [0.4, 0.5) is 0 Å². The van der Waals surface area contributed by atoms with Gasteiger partial charge in [-0.15, -0.1) is 16.4 Å². The van der Waals surface area contributed by atoms with E-state index in [1.165, 1.54) is 11.3 Å². The summed E-state index contributed by atoms with van der Waals surface area (Å²) in [4.78, 5) is 13.5. The van der Waals surface area contributed by atoms with Crippen LogP contribution in [0.1, 0.15) is 20.1 Å². The van der Waals surface area contributed by atoms with Crippen LogP contribution in [-0.2, 0) is 6.54 Å². The second-order valence-electron chi connectivity index (χ2n) is 4.05. The molecule has 2 heterocycles. The molecule has 0 aliphatic carbocycles. The number of nitrogens with zero attached hydrogens (tertiary/aromatic N) is 3. The van der Waals surface area contributed by atoms with Gasteiger partial charge in [0.05, 0.1) is 29.0 Å². The number of nitrogens with one attached hydrogen (secondary N) is 1. The van der Waals surface area contributed by atoms with Crippen LogP contribution in [0, 0.1) is 18.8 Å². The van der Waals surface area contributed by atoms with E-state index in [0.29, 0.717) is 24.5 Å². The topological polar surface area (TPSA) is 85.8 Å². The molecule has 0 radical (unpaired) electrons. The smallest absolute Gasteiger partial charge is 0.261 e. The predicted molar refractivity (Wildman–Crippen MR) is 77.3 cm³/mol. The molecule has 0 saturated heterocycles. The molecule has 0 aliphatic rings. The lowest BCUT2D eigenvalue weighted by Gasteiger charge is -2.02. The standard InChI is InChI=1S/C13H15N5OS/c1-10-9-12(20-11(10)3-2-4-14)13(19)15-5-7-18-8-6-16-17-18/h6,8-9H,4-5,7,14H2,1H3,(H,15,19). The molecule has 0 unspecified atom stereocenters. The van der Waals surface area contributed by atoms with E-state index in [1.54, 1.807) is 17.1 Å². The summed E-state index contributed by atoms with van der Waals surface area (Å²) in [6.07, 6.45) is 3.36. The van der Waals surface area contributed by atoms with Crippen LogP contribution in [-0.4, -0.2) is 34.0 Å². The minimum atomic E-state index is -0.0981. The Labute approximate surface area is 121 Å². The summed E-state index contributed by atoms with van der Waals surface area (Å²) in [7, 11) is 0. The Hall–Kier alpha value is -2.17. The lowest BCUT2D eigenvalue weighted by Crippen LogP contribution is -2.26. The number of carbonyl (C=O) groups excluding carboxylic acids is 1. The molecular formula is C13H15N5OS. The number of hydrogen-bond donors (Lipinski definition) is 2. The minimum absolute atomic E-state index is 0.0981. The van der Waals surface area contributed by atoms with Gasteiger partial charge in [-0.3, -0.25) is 9.48 Å². The van der Waals surface area contributed by atoms with Gasteiger partial charge in [0.15, 0.2) is 0 Å². The van der Waals surface area contributed by atoms with Crippen molar-refractivity contribution >= 4 is 17.2 Å². The summed E-state index contributed by atoms with van der Waals surface area (Å²) < 4.78 is 1.66. The first-order valence-corrected chi connectivity index (χ1v) is 6.94. The van der Waals surface area contributed by atoms with Gasteiger partial charge in [0.2, 0.25) is 0 Å². The van der Waals surface area contributed by atoms with Gasteiger partial charge in [-0.05, 0) is 18.6 Å². The maximum atomic E-state index is 12.0. The van der Waals surface area contributed by atoms with Crippen molar-refractivity contribution in [1.29, 1.82) is 0 Å². The van der Waals surface area contributed by atoms with Gasteiger partial charge in [-0.2, -0.15) is 0 Å². The van der Waals surface area contributed by atoms with Gasteiger partial charge in [-0.1, -0.05) is 17.1 Å². The Morgan fingerprint density at radius 2 is 2.45 bits per heavy atom. The highest BCUT2D eigenvalue weighted by Gasteiger charge is 2.10. The van der Waals surface area contributed by atoms with E-state index in [0.717, 1.165) is 10.4 Å². The third-order valence-electron chi connectivity index (χ3n) is 2.54. The highest BCUT2D eigenvalue weighted by molar-refractivity contribution is 7.14. The molecule has 0 fully saturated rings. The van der Waals surface area contributed by atoms with Crippen LogP contribution in [0.5, 0.6) is 0 Å². The third-order valence-corrected chi connectivity index (χ3v) is 3.70. The van der Waals surface area contributed by atoms with Gasteiger partial charge < -0.3 is 11.1 Å². The third kappa shape index (κ3) is 3.66. The van der Waals surface area contributed by atoms with Crippen LogP contribution in [0.2, 0.25) is 0 Å². The van der Waals surface area contributed by atoms with Crippen molar-refractivity contribution in [2.24, 2.45) is 5.73 Å². The second kappa shape index (κ2) is 6.84. The number of aryl methyl sites for hydroxylation is 1. The summed E-state index contributed by atoms with van der Waals surface area (Å²) in [5.41, 5.74) is 6.34. The van der Waals surface area contributed by atoms with Crippen molar-refractivity contribution in [2.45, 2.75) is 13.5 Å². The van der Waals surface area contributed by atoms with E-state index in [-0.39, 0.29) is 5.91 Å². The van der Waals surface area contributed by atoms with Gasteiger partial charge in [0.1, 0.15) is 0 Å². The number of thiophene rings is 1. The Balaban J connectivity index is 1.92. The first kappa shape index (κ1) is 14.2. The van der Waals surface area contributed by atoms with E-state index >= 15 is 0 Å². The highest BCUT2D eigenvalue weighted by atomic mass is 32.1. The number of hydrogen-bond acceptors (Lipinski definition) is 5. The van der Waals surface area contributed by atoms with E-state index < -0.39 is 0 Å². The highest BCUT2D eigenvalue weighted by Crippen LogP contribution is 2.20. The fourth-order valence-electron chi connectivity index (χ4n) is 1.57. The lowest BCUT2D eigenvalue weighted by atomic mass is 10.2. The fraction of sp³-hybridized carbons (Fsp3) is 0.308. The van der Waals surface area contributed by atoms with Crippen molar-refractivity contribution in [3.63, 3.8) is 0 Å². The molecule has 0 aliphatic heterocycles. The van der Waals surface area contributed by atoms with Crippen molar-refractivity contribution < 1.29 is 4.79 Å². The summed E-state index contributed by atoms with van der Waals surface area (Å²) in [5.74, 6) is 5.67. The predicted octanol–water partition coefficient (Wildman–Crippen LogP) is 0.388. The molecule has 2 aromatic rings. The monoisotopic (exact) mass is 289 g/mol. The number of rotatable bonds is 4. The van der Waals surface area contributed by atoms with Crippen molar-refractivity contribution in [1.82, 2.24) is 20.3 Å². The minimum Gasteiger partial charge on any atom is -0.349 e. The van der Waals surface area contributed by atoms with Gasteiger partial charge in [0, 0.05) is 12.7 Å². The SMILES string of the molecule is Cc1cc(C(=O)NCCn2ccnn2)sc1C#CCN. The van der Waals surface area contributed by atoms with Crippen LogP contribution in [0.25, 0.3) is 0 Å². The van der Waals surface area contributed by atoms with Crippen molar-refractivity contribution in [3.8, 4) is 11.8 Å². The van der Waals surface area contributed by atoms with Crippen LogP contribution >= 0.6 is 11.3 Å². The molecule has 1 amide bonds. The van der Waals surface area contributed by atoms with Gasteiger partial charge in [0.25, 0.3) is 5.91 Å².